The summed E-state index contributed by atoms with van der Waals surface area (Å²) in [6.07, 6.45) is 1.76. The molecule has 0 spiro atoms. The van der Waals surface area contributed by atoms with Crippen molar-refractivity contribution < 1.29 is 19.4 Å². The lowest BCUT2D eigenvalue weighted by molar-refractivity contribution is -0.148. The van der Waals surface area contributed by atoms with Crippen LogP contribution in [0.25, 0.3) is 10.9 Å². The molecule has 0 aliphatic heterocycles. The third-order valence-corrected chi connectivity index (χ3v) is 2.38. The van der Waals surface area contributed by atoms with E-state index in [0.29, 0.717) is 0 Å². The predicted molar refractivity (Wildman–Crippen MR) is 81.4 cm³/mol. The fraction of sp³-hybridized carbons (Fsp3) is 0.250. The van der Waals surface area contributed by atoms with Gasteiger partial charge in [-0.05, 0) is 32.9 Å². The Morgan fingerprint density at radius 3 is 2.33 bits per heavy atom. The van der Waals surface area contributed by atoms with Gasteiger partial charge in [-0.15, -0.1) is 0 Å². The van der Waals surface area contributed by atoms with Crippen molar-refractivity contribution >= 4 is 23.0 Å². The smallest absolute Gasteiger partial charge is 0.415 e. The lowest BCUT2D eigenvalue weighted by atomic mass is 10.2. The molecule has 2 aromatic rings. The summed E-state index contributed by atoms with van der Waals surface area (Å²) in [7, 11) is 0. The quantitative estimate of drug-likeness (QED) is 0.642. The van der Waals surface area contributed by atoms with Gasteiger partial charge >= 0.3 is 12.1 Å². The Morgan fingerprint density at radius 2 is 1.86 bits per heavy atom. The highest BCUT2D eigenvalue weighted by Gasteiger charge is 2.12. The van der Waals surface area contributed by atoms with E-state index in [1.165, 1.54) is 4.57 Å². The van der Waals surface area contributed by atoms with Crippen LogP contribution in [0, 0.1) is 0 Å². The molecule has 0 aliphatic rings. The Labute approximate surface area is 123 Å². The number of aromatic nitrogens is 1. The van der Waals surface area contributed by atoms with Crippen molar-refractivity contribution in [3.05, 3.63) is 49.2 Å². The fourth-order valence-corrected chi connectivity index (χ4v) is 1.59. The van der Waals surface area contributed by atoms with Crippen molar-refractivity contribution in [2.75, 3.05) is 0 Å². The molecule has 5 heteroatoms. The summed E-state index contributed by atoms with van der Waals surface area (Å²) in [5.74, 6) is -0.373. The number of ether oxygens (including phenoxy) is 1. The molecule has 1 heterocycles. The molecule has 0 fully saturated rings. The highest BCUT2D eigenvalue weighted by molar-refractivity contribution is 5.88. The maximum absolute atomic E-state index is 10.6. The van der Waals surface area contributed by atoms with Gasteiger partial charge in [0, 0.05) is 17.7 Å². The number of carbonyl (C=O) groups is 2. The van der Waals surface area contributed by atoms with Gasteiger partial charge in [0.05, 0.1) is 5.52 Å². The Kier molecular flexibility index (Phi) is 5.30. The van der Waals surface area contributed by atoms with Crippen LogP contribution in [-0.4, -0.2) is 27.3 Å². The van der Waals surface area contributed by atoms with Gasteiger partial charge in [-0.3, -0.25) is 4.57 Å². The first kappa shape index (κ1) is 16.5. The zero-order chi connectivity index (χ0) is 16.0. The number of fused-ring (bicyclic) bond motifs is 1. The number of benzene rings is 1. The molecule has 0 unspecified atom stereocenters. The third kappa shape index (κ3) is 5.14. The van der Waals surface area contributed by atoms with Gasteiger partial charge in [0.15, 0.2) is 0 Å². The van der Waals surface area contributed by atoms with E-state index in [1.807, 2.05) is 39.0 Å². The summed E-state index contributed by atoms with van der Waals surface area (Å²) in [6.45, 7) is 8.71. The molecule has 1 aromatic carbocycles. The molecule has 0 saturated carbocycles. The van der Waals surface area contributed by atoms with Crippen molar-refractivity contribution in [1.82, 2.24) is 4.57 Å². The Balaban J connectivity index is 0.000000222. The molecule has 5 nitrogen and oxygen atoms in total. The lowest BCUT2D eigenvalue weighted by Gasteiger charge is -2.17. The lowest BCUT2D eigenvalue weighted by Crippen LogP contribution is -2.22. The minimum atomic E-state index is -0.948. The van der Waals surface area contributed by atoms with E-state index in [1.54, 1.807) is 18.3 Å². The first-order valence-corrected chi connectivity index (χ1v) is 6.39. The maximum atomic E-state index is 10.6. The molecule has 21 heavy (non-hydrogen) atoms. The monoisotopic (exact) mass is 289 g/mol. The van der Waals surface area contributed by atoms with Gasteiger partial charge in [0.25, 0.3) is 0 Å². The molecular formula is C16H19NO4. The highest BCUT2D eigenvalue weighted by atomic mass is 16.6. The van der Waals surface area contributed by atoms with Crippen molar-refractivity contribution in [1.29, 1.82) is 0 Å². The summed E-state index contributed by atoms with van der Waals surface area (Å²) in [5.41, 5.74) is 0.329. The Hall–Kier alpha value is -2.56. The second kappa shape index (κ2) is 6.74. The van der Waals surface area contributed by atoms with Crippen LogP contribution in [0.15, 0.2) is 49.2 Å². The fourth-order valence-electron chi connectivity index (χ4n) is 1.59. The van der Waals surface area contributed by atoms with Gasteiger partial charge in [-0.25, -0.2) is 9.59 Å². The van der Waals surface area contributed by atoms with E-state index in [-0.39, 0.29) is 5.97 Å². The second-order valence-electron chi connectivity index (χ2n) is 5.26. The first-order valence-electron chi connectivity index (χ1n) is 6.39. The number of esters is 1. The molecular weight excluding hydrogens is 270 g/mol. The summed E-state index contributed by atoms with van der Waals surface area (Å²) in [4.78, 5) is 21.1. The van der Waals surface area contributed by atoms with Crippen molar-refractivity contribution in [3.63, 3.8) is 0 Å². The van der Waals surface area contributed by atoms with E-state index < -0.39 is 11.7 Å². The minimum Gasteiger partial charge on any atom is -0.464 e. The SMILES string of the molecule is C=CC(=O)OC(C)(C)C.O=C(O)n1ccc2ccccc21. The molecule has 0 atom stereocenters. The molecule has 0 aliphatic carbocycles. The predicted octanol–water partition coefficient (Wildman–Crippen LogP) is 3.68. The standard InChI is InChI=1S/C9H7NO2.C7H12O2/c11-9(12)10-6-5-7-3-1-2-4-8(7)10;1-5-6(8)9-7(2,3)4/h1-6H,(H,11,12);5H,1H2,2-4H3. The van der Waals surface area contributed by atoms with Gasteiger partial charge in [-0.1, -0.05) is 24.8 Å². The zero-order valence-corrected chi connectivity index (χ0v) is 12.4. The van der Waals surface area contributed by atoms with Crippen LogP contribution in [0.4, 0.5) is 4.79 Å². The number of nitrogens with zero attached hydrogens (tertiary/aromatic N) is 1. The molecule has 2 rings (SSSR count). The Bertz CT molecular complexity index is 650. The second-order valence-corrected chi connectivity index (χ2v) is 5.26. The normalized spacial score (nSPS) is 10.4. The van der Waals surface area contributed by atoms with E-state index in [2.05, 4.69) is 6.58 Å². The van der Waals surface area contributed by atoms with Gasteiger partial charge in [-0.2, -0.15) is 0 Å². The van der Waals surface area contributed by atoms with E-state index >= 15 is 0 Å². The van der Waals surface area contributed by atoms with Crippen molar-refractivity contribution in [3.8, 4) is 0 Å². The van der Waals surface area contributed by atoms with Crippen LogP contribution in [0.5, 0.6) is 0 Å². The Morgan fingerprint density at radius 1 is 1.24 bits per heavy atom. The molecule has 0 saturated heterocycles. The summed E-state index contributed by atoms with van der Waals surface area (Å²) in [6, 6.07) is 9.15. The van der Waals surface area contributed by atoms with Crippen LogP contribution in [0.2, 0.25) is 0 Å². The average molecular weight is 289 g/mol. The van der Waals surface area contributed by atoms with Crippen LogP contribution in [-0.2, 0) is 9.53 Å². The molecule has 112 valence electrons. The van der Waals surface area contributed by atoms with E-state index in [9.17, 15) is 9.59 Å². The number of hydrogen-bond donors (Lipinski definition) is 1. The average Bonchev–Trinajstić information content (AvgIpc) is 2.81. The highest BCUT2D eigenvalue weighted by Crippen LogP contribution is 2.14. The summed E-state index contributed by atoms with van der Waals surface area (Å²) >= 11 is 0. The molecule has 0 amide bonds. The topological polar surface area (TPSA) is 68.5 Å². The van der Waals surface area contributed by atoms with Crippen LogP contribution in [0.3, 0.4) is 0 Å². The number of carboxylic acid groups (broad SMARTS) is 1. The summed E-state index contributed by atoms with van der Waals surface area (Å²) in [5, 5.41) is 9.68. The zero-order valence-electron chi connectivity index (χ0n) is 12.4. The van der Waals surface area contributed by atoms with Gasteiger partial charge in [0.2, 0.25) is 0 Å². The first-order chi connectivity index (χ1) is 9.74. The van der Waals surface area contributed by atoms with Crippen LogP contribution >= 0.6 is 0 Å². The number of rotatable bonds is 1. The molecule has 1 aromatic heterocycles. The van der Waals surface area contributed by atoms with Crippen LogP contribution in [0.1, 0.15) is 20.8 Å². The van der Waals surface area contributed by atoms with Crippen molar-refractivity contribution in [2.24, 2.45) is 0 Å². The van der Waals surface area contributed by atoms with Gasteiger partial charge < -0.3 is 9.84 Å². The van der Waals surface area contributed by atoms with E-state index in [0.717, 1.165) is 17.0 Å². The van der Waals surface area contributed by atoms with E-state index in [4.69, 9.17) is 9.84 Å². The number of para-hydroxylation sites is 1. The number of carbonyl (C=O) groups excluding carboxylic acids is 1. The van der Waals surface area contributed by atoms with Crippen molar-refractivity contribution in [2.45, 2.75) is 26.4 Å². The largest absolute Gasteiger partial charge is 0.464 e. The van der Waals surface area contributed by atoms with Gasteiger partial charge in [0.1, 0.15) is 5.60 Å². The van der Waals surface area contributed by atoms with Crippen LogP contribution < -0.4 is 0 Å². The molecule has 1 N–H and O–H groups in total. The third-order valence-electron chi connectivity index (χ3n) is 2.38. The number of hydrogen-bond acceptors (Lipinski definition) is 3. The maximum Gasteiger partial charge on any atom is 0.415 e. The molecule has 0 bridgehead atoms. The summed E-state index contributed by atoms with van der Waals surface area (Å²) < 4.78 is 6.03. The minimum absolute atomic E-state index is 0.373. The molecule has 0 radical (unpaired) electrons.